The minimum absolute atomic E-state index is 0. The third-order valence-electron chi connectivity index (χ3n) is 4.72. The van der Waals surface area contributed by atoms with Crippen molar-refractivity contribution in [2.24, 2.45) is 4.99 Å². The third kappa shape index (κ3) is 8.92. The summed E-state index contributed by atoms with van der Waals surface area (Å²) in [4.78, 5) is 6.66. The van der Waals surface area contributed by atoms with Gasteiger partial charge in [0.05, 0.1) is 6.10 Å². The van der Waals surface area contributed by atoms with E-state index in [1.807, 2.05) is 19.2 Å². The first-order valence-electron chi connectivity index (χ1n) is 9.64. The van der Waals surface area contributed by atoms with E-state index in [0.29, 0.717) is 12.5 Å². The van der Waals surface area contributed by atoms with E-state index in [2.05, 4.69) is 31.1 Å². The van der Waals surface area contributed by atoms with Gasteiger partial charge in [0.2, 0.25) is 0 Å². The molecule has 0 spiro atoms. The van der Waals surface area contributed by atoms with E-state index in [1.165, 1.54) is 6.07 Å². The molecule has 5 nitrogen and oxygen atoms in total. The number of halogens is 3. The Morgan fingerprint density at radius 3 is 2.68 bits per heavy atom. The molecule has 0 aliphatic carbocycles. The molecule has 1 heterocycles. The number of nitrogens with zero attached hydrogens (tertiary/aromatic N) is 2. The lowest BCUT2D eigenvalue weighted by Gasteiger charge is -2.34. The Morgan fingerprint density at radius 1 is 1.29 bits per heavy atom. The Kier molecular flexibility index (Phi) is 13.3. The molecule has 0 atom stereocenters. The van der Waals surface area contributed by atoms with E-state index >= 15 is 0 Å². The number of hydrogen-bond acceptors (Lipinski definition) is 3. The minimum atomic E-state index is -0.152. The molecule has 160 valence electrons. The summed E-state index contributed by atoms with van der Waals surface area (Å²) in [5.74, 6) is 0.769. The van der Waals surface area contributed by atoms with Crippen molar-refractivity contribution in [2.75, 3.05) is 47.0 Å². The summed E-state index contributed by atoms with van der Waals surface area (Å²) in [7, 11) is 3.52. The van der Waals surface area contributed by atoms with Gasteiger partial charge >= 0.3 is 0 Å². The van der Waals surface area contributed by atoms with Crippen molar-refractivity contribution in [1.29, 1.82) is 0 Å². The Labute approximate surface area is 193 Å². The highest BCUT2D eigenvalue weighted by atomic mass is 127. The van der Waals surface area contributed by atoms with Gasteiger partial charge in [-0.1, -0.05) is 22.0 Å². The predicted octanol–water partition coefficient (Wildman–Crippen LogP) is 4.23. The molecule has 1 saturated heterocycles. The van der Waals surface area contributed by atoms with Crippen LogP contribution in [0.5, 0.6) is 0 Å². The monoisotopic (exact) mass is 571 g/mol. The number of benzene rings is 1. The van der Waals surface area contributed by atoms with Crippen molar-refractivity contribution in [3.8, 4) is 0 Å². The molecule has 2 rings (SSSR count). The van der Waals surface area contributed by atoms with Gasteiger partial charge in [-0.25, -0.2) is 4.39 Å². The highest BCUT2D eigenvalue weighted by Crippen LogP contribution is 2.17. The quantitative estimate of drug-likeness (QED) is 0.208. The van der Waals surface area contributed by atoms with Gasteiger partial charge in [-0.3, -0.25) is 4.99 Å². The number of piperidine rings is 1. The van der Waals surface area contributed by atoms with Gasteiger partial charge in [-0.15, -0.1) is 24.0 Å². The standard InChI is InChI=1S/C20H31BrFN3O2.HI/c1-23-20(24-10-3-5-16-6-7-17(21)15-19(16)22)25-11-8-18(9-12-25)27-14-4-13-26-2;/h6-7,15,18H,3-5,8-14H2,1-2H3,(H,23,24);1H. The molecule has 0 unspecified atom stereocenters. The fraction of sp³-hybridized carbons (Fsp3) is 0.650. The van der Waals surface area contributed by atoms with Gasteiger partial charge in [0.1, 0.15) is 5.82 Å². The summed E-state index contributed by atoms with van der Waals surface area (Å²) in [5, 5.41) is 3.40. The van der Waals surface area contributed by atoms with E-state index in [0.717, 1.165) is 74.5 Å². The Morgan fingerprint density at radius 2 is 2.04 bits per heavy atom. The number of ether oxygens (including phenoxy) is 2. The van der Waals surface area contributed by atoms with Crippen LogP contribution in [-0.2, 0) is 15.9 Å². The van der Waals surface area contributed by atoms with Crippen molar-refractivity contribution in [3.63, 3.8) is 0 Å². The van der Waals surface area contributed by atoms with Crippen molar-refractivity contribution in [2.45, 2.75) is 38.2 Å². The second-order valence-corrected chi connectivity index (χ2v) is 7.63. The Hall–Kier alpha value is -0.450. The summed E-state index contributed by atoms with van der Waals surface area (Å²) in [5.41, 5.74) is 0.751. The average molecular weight is 572 g/mol. The van der Waals surface area contributed by atoms with Crippen LogP contribution in [0.4, 0.5) is 4.39 Å². The van der Waals surface area contributed by atoms with Crippen LogP contribution >= 0.6 is 39.9 Å². The lowest BCUT2D eigenvalue weighted by Crippen LogP contribution is -2.47. The summed E-state index contributed by atoms with van der Waals surface area (Å²) in [6.07, 6.45) is 4.86. The summed E-state index contributed by atoms with van der Waals surface area (Å²) < 4.78 is 25.6. The number of hydrogen-bond donors (Lipinski definition) is 1. The molecule has 0 radical (unpaired) electrons. The molecular weight excluding hydrogens is 540 g/mol. The van der Waals surface area contributed by atoms with Gasteiger partial charge in [0, 0.05) is 51.5 Å². The Bertz CT molecular complexity index is 599. The maximum absolute atomic E-state index is 13.9. The predicted molar refractivity (Wildman–Crippen MR) is 126 cm³/mol. The second-order valence-electron chi connectivity index (χ2n) is 6.72. The van der Waals surface area contributed by atoms with Crippen LogP contribution in [0.15, 0.2) is 27.7 Å². The van der Waals surface area contributed by atoms with Crippen LogP contribution in [0.2, 0.25) is 0 Å². The Balaban J connectivity index is 0.00000392. The van der Waals surface area contributed by atoms with Crippen molar-refractivity contribution in [3.05, 3.63) is 34.1 Å². The molecule has 0 aromatic heterocycles. The zero-order valence-electron chi connectivity index (χ0n) is 16.8. The second kappa shape index (κ2) is 14.5. The van der Waals surface area contributed by atoms with Crippen LogP contribution in [0, 0.1) is 5.82 Å². The van der Waals surface area contributed by atoms with Gasteiger partial charge in [-0.05, 0) is 49.8 Å². The maximum Gasteiger partial charge on any atom is 0.193 e. The van der Waals surface area contributed by atoms with Gasteiger partial charge in [-0.2, -0.15) is 0 Å². The van der Waals surface area contributed by atoms with Crippen LogP contribution < -0.4 is 5.32 Å². The zero-order chi connectivity index (χ0) is 19.5. The van der Waals surface area contributed by atoms with Crippen molar-refractivity contribution >= 4 is 45.9 Å². The smallest absolute Gasteiger partial charge is 0.193 e. The first-order valence-corrected chi connectivity index (χ1v) is 10.4. The van der Waals surface area contributed by atoms with Crippen LogP contribution in [-0.4, -0.2) is 64.0 Å². The van der Waals surface area contributed by atoms with E-state index < -0.39 is 0 Å². The molecule has 1 N–H and O–H groups in total. The molecule has 1 aliphatic rings. The summed E-state index contributed by atoms with van der Waals surface area (Å²) in [6, 6.07) is 5.24. The number of aryl methyl sites for hydroxylation is 1. The summed E-state index contributed by atoms with van der Waals surface area (Å²) in [6.45, 7) is 4.17. The maximum atomic E-state index is 13.9. The molecule has 0 bridgehead atoms. The largest absolute Gasteiger partial charge is 0.385 e. The number of methoxy groups -OCH3 is 1. The van der Waals surface area contributed by atoms with E-state index in [9.17, 15) is 4.39 Å². The van der Waals surface area contributed by atoms with Crippen LogP contribution in [0.3, 0.4) is 0 Å². The van der Waals surface area contributed by atoms with Crippen molar-refractivity contribution in [1.82, 2.24) is 10.2 Å². The van der Waals surface area contributed by atoms with Crippen LogP contribution in [0.1, 0.15) is 31.2 Å². The molecule has 8 heteroatoms. The van der Waals surface area contributed by atoms with Gasteiger partial charge in [0.25, 0.3) is 0 Å². The van der Waals surface area contributed by atoms with Gasteiger partial charge < -0.3 is 19.7 Å². The number of nitrogens with one attached hydrogen (secondary N) is 1. The molecular formula is C20H32BrFIN3O2. The zero-order valence-corrected chi connectivity index (χ0v) is 20.7. The molecule has 1 aliphatic heterocycles. The number of rotatable bonds is 9. The topological polar surface area (TPSA) is 46.1 Å². The SMILES string of the molecule is CN=C(NCCCc1ccc(Br)cc1F)N1CCC(OCCCOC)CC1.I. The number of aliphatic imine (C=N–C) groups is 1. The van der Waals surface area contributed by atoms with E-state index in [4.69, 9.17) is 9.47 Å². The lowest BCUT2D eigenvalue weighted by atomic mass is 10.1. The molecule has 1 fully saturated rings. The number of likely N-dealkylation sites (tertiary alicyclic amines) is 1. The molecule has 1 aromatic rings. The van der Waals surface area contributed by atoms with E-state index in [1.54, 1.807) is 7.11 Å². The highest BCUT2D eigenvalue weighted by Gasteiger charge is 2.21. The normalized spacial score (nSPS) is 15.4. The number of guanidine groups is 1. The highest BCUT2D eigenvalue weighted by molar-refractivity contribution is 14.0. The minimum Gasteiger partial charge on any atom is -0.385 e. The molecule has 1 aromatic carbocycles. The fourth-order valence-electron chi connectivity index (χ4n) is 3.22. The van der Waals surface area contributed by atoms with Crippen molar-refractivity contribution < 1.29 is 13.9 Å². The van der Waals surface area contributed by atoms with E-state index in [-0.39, 0.29) is 29.8 Å². The molecule has 0 saturated carbocycles. The van der Waals surface area contributed by atoms with Gasteiger partial charge in [0.15, 0.2) is 5.96 Å². The average Bonchev–Trinajstić information content (AvgIpc) is 2.67. The first-order chi connectivity index (χ1) is 13.1. The third-order valence-corrected chi connectivity index (χ3v) is 5.21. The summed E-state index contributed by atoms with van der Waals surface area (Å²) >= 11 is 3.29. The first kappa shape index (κ1) is 25.6. The molecule has 28 heavy (non-hydrogen) atoms. The molecule has 0 amide bonds. The van der Waals surface area contributed by atoms with Crippen LogP contribution in [0.25, 0.3) is 0 Å². The lowest BCUT2D eigenvalue weighted by molar-refractivity contribution is 0.00991. The fourth-order valence-corrected chi connectivity index (χ4v) is 3.56.